The molecule has 1 aromatic carbocycles. The zero-order valence-electron chi connectivity index (χ0n) is 16.3. The molecular formula is C22H29N3O3. The van der Waals surface area contributed by atoms with Crippen LogP contribution in [0.25, 0.3) is 0 Å². The lowest BCUT2D eigenvalue weighted by Crippen LogP contribution is -2.31. The van der Waals surface area contributed by atoms with E-state index in [1.165, 1.54) is 24.8 Å². The van der Waals surface area contributed by atoms with Crippen molar-refractivity contribution in [2.75, 3.05) is 32.8 Å². The predicted octanol–water partition coefficient (Wildman–Crippen LogP) is 3.43. The van der Waals surface area contributed by atoms with E-state index in [1.54, 1.807) is 0 Å². The van der Waals surface area contributed by atoms with Crippen molar-refractivity contribution in [1.29, 1.82) is 5.26 Å². The molecule has 1 saturated heterocycles. The standard InChI is InChI=1S/C22H29N3O3/c23-10-17-5-6-21-19(9-17)20-13-25(12-18(20)14-28-21)8-7-15-1-3-16(4-2-15)11-24-22(26)27/h5-6,9,15-16,18,20,24H,1-4,7-8,11-14H2,(H,26,27)/t15-,16-,18-,20+/m0/s1. The van der Waals surface area contributed by atoms with Gasteiger partial charge in [-0.2, -0.15) is 5.26 Å². The van der Waals surface area contributed by atoms with Crippen LogP contribution in [0.5, 0.6) is 5.75 Å². The van der Waals surface area contributed by atoms with Crippen LogP contribution in [0.3, 0.4) is 0 Å². The quantitative estimate of drug-likeness (QED) is 0.814. The maximum absolute atomic E-state index is 10.6. The Bertz CT molecular complexity index is 752. The molecule has 4 rings (SSSR count). The zero-order chi connectivity index (χ0) is 19.5. The van der Waals surface area contributed by atoms with Gasteiger partial charge in [-0.25, -0.2) is 4.79 Å². The maximum atomic E-state index is 10.6. The molecule has 150 valence electrons. The molecule has 1 aromatic rings. The first-order valence-corrected chi connectivity index (χ1v) is 10.5. The molecule has 2 aliphatic heterocycles. The molecule has 1 saturated carbocycles. The number of likely N-dealkylation sites (tertiary alicyclic amines) is 1. The summed E-state index contributed by atoms with van der Waals surface area (Å²) < 4.78 is 5.95. The van der Waals surface area contributed by atoms with Gasteiger partial charge in [0.2, 0.25) is 0 Å². The molecule has 0 bridgehead atoms. The largest absolute Gasteiger partial charge is 0.493 e. The zero-order valence-corrected chi connectivity index (χ0v) is 16.3. The topological polar surface area (TPSA) is 85.6 Å². The fourth-order valence-electron chi connectivity index (χ4n) is 5.22. The minimum Gasteiger partial charge on any atom is -0.493 e. The molecule has 2 atom stereocenters. The lowest BCUT2D eigenvalue weighted by Gasteiger charge is -2.29. The molecule has 0 radical (unpaired) electrons. The third-order valence-electron chi connectivity index (χ3n) is 6.87. The Balaban J connectivity index is 1.26. The van der Waals surface area contributed by atoms with Crippen molar-refractivity contribution in [3.05, 3.63) is 29.3 Å². The Hall–Kier alpha value is -2.26. The number of fused-ring (bicyclic) bond motifs is 3. The van der Waals surface area contributed by atoms with Crippen LogP contribution in [0, 0.1) is 29.1 Å². The second-order valence-corrected chi connectivity index (χ2v) is 8.66. The molecule has 28 heavy (non-hydrogen) atoms. The number of ether oxygens (including phenoxy) is 1. The van der Waals surface area contributed by atoms with E-state index in [0.717, 1.165) is 56.3 Å². The van der Waals surface area contributed by atoms with Gasteiger partial charge in [0.25, 0.3) is 0 Å². The molecule has 0 aromatic heterocycles. The van der Waals surface area contributed by atoms with Crippen LogP contribution in [0.15, 0.2) is 18.2 Å². The number of rotatable bonds is 5. The normalized spacial score (nSPS) is 29.2. The Morgan fingerprint density at radius 1 is 1.25 bits per heavy atom. The third kappa shape index (κ3) is 4.25. The van der Waals surface area contributed by atoms with E-state index in [1.807, 2.05) is 18.2 Å². The molecule has 6 nitrogen and oxygen atoms in total. The minimum absolute atomic E-state index is 0.481. The molecule has 6 heteroatoms. The van der Waals surface area contributed by atoms with Crippen molar-refractivity contribution in [2.24, 2.45) is 17.8 Å². The highest BCUT2D eigenvalue weighted by atomic mass is 16.5. The van der Waals surface area contributed by atoms with Crippen LogP contribution in [-0.2, 0) is 0 Å². The lowest BCUT2D eigenvalue weighted by atomic mass is 9.80. The maximum Gasteiger partial charge on any atom is 0.404 e. The number of hydrogen-bond donors (Lipinski definition) is 2. The molecule has 3 aliphatic rings. The average molecular weight is 383 g/mol. The second-order valence-electron chi connectivity index (χ2n) is 8.66. The van der Waals surface area contributed by atoms with Gasteiger partial charge >= 0.3 is 6.09 Å². The summed E-state index contributed by atoms with van der Waals surface area (Å²) in [4.78, 5) is 13.2. The number of carbonyl (C=O) groups is 1. The van der Waals surface area contributed by atoms with E-state index in [2.05, 4.69) is 16.3 Å². The summed E-state index contributed by atoms with van der Waals surface area (Å²) in [7, 11) is 0. The first-order chi connectivity index (χ1) is 13.6. The van der Waals surface area contributed by atoms with Gasteiger partial charge in [0.15, 0.2) is 0 Å². The highest BCUT2D eigenvalue weighted by molar-refractivity contribution is 5.64. The molecule has 2 N–H and O–H groups in total. The summed E-state index contributed by atoms with van der Waals surface area (Å²) in [5.41, 5.74) is 1.93. The summed E-state index contributed by atoms with van der Waals surface area (Å²) in [6, 6.07) is 8.06. The van der Waals surface area contributed by atoms with E-state index in [9.17, 15) is 10.1 Å². The van der Waals surface area contributed by atoms with Crippen molar-refractivity contribution in [3.63, 3.8) is 0 Å². The molecule has 0 unspecified atom stereocenters. The van der Waals surface area contributed by atoms with Gasteiger partial charge in [0, 0.05) is 37.0 Å². The minimum atomic E-state index is -0.912. The summed E-state index contributed by atoms with van der Waals surface area (Å²) >= 11 is 0. The number of amides is 1. The van der Waals surface area contributed by atoms with Crippen molar-refractivity contribution in [3.8, 4) is 11.8 Å². The van der Waals surface area contributed by atoms with Crippen LogP contribution in [0.4, 0.5) is 4.79 Å². The molecule has 2 fully saturated rings. The van der Waals surface area contributed by atoms with E-state index in [-0.39, 0.29) is 0 Å². The predicted molar refractivity (Wildman–Crippen MR) is 105 cm³/mol. The van der Waals surface area contributed by atoms with Gasteiger partial charge in [-0.05, 0) is 55.8 Å². The van der Waals surface area contributed by atoms with Crippen molar-refractivity contribution >= 4 is 6.09 Å². The average Bonchev–Trinajstić information content (AvgIpc) is 3.14. The number of nitrogens with one attached hydrogen (secondary N) is 1. The first kappa shape index (κ1) is 19.1. The SMILES string of the molecule is N#Cc1ccc2c(c1)[C@@H]1CN(CC[C@H]3CC[C@H](CNC(=O)O)CC3)C[C@H]1CO2. The van der Waals surface area contributed by atoms with Gasteiger partial charge < -0.3 is 20.1 Å². The first-order valence-electron chi connectivity index (χ1n) is 10.5. The van der Waals surface area contributed by atoms with Crippen molar-refractivity contribution in [2.45, 2.75) is 38.0 Å². The van der Waals surface area contributed by atoms with Crippen LogP contribution in [0.1, 0.15) is 49.1 Å². The fraction of sp³-hybridized carbons (Fsp3) is 0.636. The second kappa shape index (κ2) is 8.40. The Morgan fingerprint density at radius 3 is 2.79 bits per heavy atom. The number of nitrogens with zero attached hydrogens (tertiary/aromatic N) is 2. The molecule has 1 amide bonds. The van der Waals surface area contributed by atoms with Crippen LogP contribution >= 0.6 is 0 Å². The van der Waals surface area contributed by atoms with E-state index >= 15 is 0 Å². The van der Waals surface area contributed by atoms with Crippen molar-refractivity contribution in [1.82, 2.24) is 10.2 Å². The van der Waals surface area contributed by atoms with E-state index in [0.29, 0.717) is 24.3 Å². The summed E-state index contributed by atoms with van der Waals surface area (Å²) in [6.07, 6.45) is 5.01. The monoisotopic (exact) mass is 383 g/mol. The fourth-order valence-corrected chi connectivity index (χ4v) is 5.22. The lowest BCUT2D eigenvalue weighted by molar-refractivity contribution is 0.185. The summed E-state index contributed by atoms with van der Waals surface area (Å²) in [5.74, 6) is 3.23. The molecule has 2 heterocycles. The van der Waals surface area contributed by atoms with Gasteiger partial charge in [-0.1, -0.05) is 12.8 Å². The third-order valence-corrected chi connectivity index (χ3v) is 6.87. The van der Waals surface area contributed by atoms with E-state index < -0.39 is 6.09 Å². The number of nitriles is 1. The summed E-state index contributed by atoms with van der Waals surface area (Å²) in [5, 5.41) is 20.5. The molecule has 1 aliphatic carbocycles. The van der Waals surface area contributed by atoms with Crippen LogP contribution in [0.2, 0.25) is 0 Å². The highest BCUT2D eigenvalue weighted by Crippen LogP contribution is 2.42. The van der Waals surface area contributed by atoms with Gasteiger partial charge in [0.05, 0.1) is 18.2 Å². The van der Waals surface area contributed by atoms with Gasteiger partial charge in [-0.3, -0.25) is 0 Å². The number of carboxylic acid groups (broad SMARTS) is 1. The Morgan fingerprint density at radius 2 is 2.04 bits per heavy atom. The summed E-state index contributed by atoms with van der Waals surface area (Å²) in [6.45, 7) is 4.65. The van der Waals surface area contributed by atoms with Crippen LogP contribution < -0.4 is 10.1 Å². The highest BCUT2D eigenvalue weighted by Gasteiger charge is 2.38. The van der Waals surface area contributed by atoms with E-state index in [4.69, 9.17) is 9.84 Å². The number of hydrogen-bond acceptors (Lipinski definition) is 4. The van der Waals surface area contributed by atoms with Gasteiger partial charge in [0.1, 0.15) is 5.75 Å². The van der Waals surface area contributed by atoms with Gasteiger partial charge in [-0.15, -0.1) is 0 Å². The molecule has 0 spiro atoms. The Labute approximate surface area is 166 Å². The smallest absolute Gasteiger partial charge is 0.404 e. The Kier molecular flexibility index (Phi) is 5.72. The van der Waals surface area contributed by atoms with Crippen molar-refractivity contribution < 1.29 is 14.6 Å². The molecular weight excluding hydrogens is 354 g/mol. The number of benzene rings is 1. The van der Waals surface area contributed by atoms with Crippen LogP contribution in [-0.4, -0.2) is 48.9 Å².